The SMILES string of the molecule is COCCn1c(=S)[nH]c2cc(C(=O)NCC[NH+](C)C)ccc2c1=O. The molecule has 0 atom stereocenters. The van der Waals surface area contributed by atoms with Crippen molar-refractivity contribution in [3.63, 3.8) is 0 Å². The number of amides is 1. The first-order valence-corrected chi connectivity index (χ1v) is 8.18. The summed E-state index contributed by atoms with van der Waals surface area (Å²) in [7, 11) is 5.62. The van der Waals surface area contributed by atoms with Gasteiger partial charge in [0.2, 0.25) is 0 Å². The first-order chi connectivity index (χ1) is 11.4. The number of aromatic amines is 1. The summed E-state index contributed by atoms with van der Waals surface area (Å²) < 4.78 is 6.78. The van der Waals surface area contributed by atoms with E-state index in [0.717, 1.165) is 6.54 Å². The second-order valence-corrected chi connectivity index (χ2v) is 6.24. The highest BCUT2D eigenvalue weighted by atomic mass is 32.1. The zero-order chi connectivity index (χ0) is 17.7. The first kappa shape index (κ1) is 18.3. The molecular formula is C16H23N4O3S+. The summed E-state index contributed by atoms with van der Waals surface area (Å²) in [6, 6.07) is 4.96. The number of quaternary nitrogens is 1. The van der Waals surface area contributed by atoms with Crippen molar-refractivity contribution in [2.24, 2.45) is 0 Å². The molecule has 8 heteroatoms. The van der Waals surface area contributed by atoms with Crippen molar-refractivity contribution in [2.75, 3.05) is 40.9 Å². The minimum atomic E-state index is -0.186. The number of ether oxygens (including phenoxy) is 1. The van der Waals surface area contributed by atoms with Crippen molar-refractivity contribution in [1.82, 2.24) is 14.9 Å². The summed E-state index contributed by atoms with van der Waals surface area (Å²) in [6.45, 7) is 2.22. The summed E-state index contributed by atoms with van der Waals surface area (Å²) in [5, 5.41) is 3.36. The molecule has 7 nitrogen and oxygen atoms in total. The molecule has 0 fully saturated rings. The average molecular weight is 351 g/mol. The molecule has 0 radical (unpaired) electrons. The molecule has 0 aliphatic carbocycles. The van der Waals surface area contributed by atoms with Gasteiger partial charge in [0.1, 0.15) is 0 Å². The van der Waals surface area contributed by atoms with Gasteiger partial charge >= 0.3 is 0 Å². The van der Waals surface area contributed by atoms with Crippen LogP contribution in [0.4, 0.5) is 0 Å². The summed E-state index contributed by atoms with van der Waals surface area (Å²) in [4.78, 5) is 29.0. The molecular weight excluding hydrogens is 328 g/mol. The van der Waals surface area contributed by atoms with Gasteiger partial charge in [-0.05, 0) is 30.4 Å². The molecule has 1 aromatic heterocycles. The highest BCUT2D eigenvalue weighted by Crippen LogP contribution is 2.10. The number of aromatic nitrogens is 2. The minimum absolute atomic E-state index is 0.166. The van der Waals surface area contributed by atoms with E-state index in [4.69, 9.17) is 17.0 Å². The van der Waals surface area contributed by atoms with E-state index >= 15 is 0 Å². The average Bonchev–Trinajstić information content (AvgIpc) is 2.53. The van der Waals surface area contributed by atoms with E-state index < -0.39 is 0 Å². The molecule has 2 aromatic rings. The molecule has 0 bridgehead atoms. The predicted octanol–water partition coefficient (Wildman–Crippen LogP) is -0.420. The standard InChI is InChI=1S/C16H22N4O3S/c1-19(2)7-6-17-14(21)11-4-5-12-13(10-11)18-16(24)20(15(12)22)8-9-23-3/h4-5,10H,6-9H2,1-3H3,(H,17,21)(H,18,24)/p+1. The van der Waals surface area contributed by atoms with Crippen LogP contribution in [0, 0.1) is 4.77 Å². The Labute approximate surface area is 145 Å². The number of nitrogens with zero attached hydrogens (tertiary/aromatic N) is 1. The number of H-pyrrole nitrogens is 1. The molecule has 24 heavy (non-hydrogen) atoms. The number of methoxy groups -OCH3 is 1. The Kier molecular flexibility index (Phi) is 6.24. The van der Waals surface area contributed by atoms with Crippen molar-refractivity contribution >= 4 is 29.0 Å². The molecule has 0 aliphatic heterocycles. The Morgan fingerprint density at radius 3 is 2.83 bits per heavy atom. The lowest BCUT2D eigenvalue weighted by atomic mass is 10.1. The van der Waals surface area contributed by atoms with E-state index in [1.165, 1.54) is 9.47 Å². The van der Waals surface area contributed by atoms with Crippen LogP contribution in [-0.4, -0.2) is 56.4 Å². The fraction of sp³-hybridized carbons (Fsp3) is 0.438. The van der Waals surface area contributed by atoms with Crippen LogP contribution in [0.25, 0.3) is 10.9 Å². The number of benzene rings is 1. The van der Waals surface area contributed by atoms with E-state index in [9.17, 15) is 9.59 Å². The van der Waals surface area contributed by atoms with Gasteiger partial charge in [-0.3, -0.25) is 14.2 Å². The fourth-order valence-electron chi connectivity index (χ4n) is 2.31. The van der Waals surface area contributed by atoms with Gasteiger partial charge in [-0.25, -0.2) is 0 Å². The molecule has 2 rings (SSSR count). The Morgan fingerprint density at radius 1 is 1.42 bits per heavy atom. The van der Waals surface area contributed by atoms with Gasteiger partial charge in [0.25, 0.3) is 11.5 Å². The maximum atomic E-state index is 12.5. The second kappa shape index (κ2) is 8.18. The van der Waals surface area contributed by atoms with E-state index in [0.29, 0.717) is 40.9 Å². The highest BCUT2D eigenvalue weighted by molar-refractivity contribution is 7.71. The van der Waals surface area contributed by atoms with Gasteiger partial charge in [-0.1, -0.05) is 0 Å². The fourth-order valence-corrected chi connectivity index (χ4v) is 2.59. The molecule has 1 aromatic carbocycles. The van der Waals surface area contributed by atoms with Crippen LogP contribution in [0.15, 0.2) is 23.0 Å². The smallest absolute Gasteiger partial charge is 0.262 e. The summed E-state index contributed by atoms with van der Waals surface area (Å²) >= 11 is 5.24. The molecule has 1 heterocycles. The Bertz CT molecular complexity index is 841. The van der Waals surface area contributed by atoms with Crippen molar-refractivity contribution in [1.29, 1.82) is 0 Å². The number of nitrogens with one attached hydrogen (secondary N) is 3. The van der Waals surface area contributed by atoms with Crippen LogP contribution in [-0.2, 0) is 11.3 Å². The third kappa shape index (κ3) is 4.28. The molecule has 0 spiro atoms. The first-order valence-electron chi connectivity index (χ1n) is 7.77. The number of carbonyl (C=O) groups excluding carboxylic acids is 1. The van der Waals surface area contributed by atoms with Gasteiger partial charge in [-0.2, -0.15) is 0 Å². The molecule has 1 amide bonds. The van der Waals surface area contributed by atoms with Gasteiger partial charge in [0, 0.05) is 12.7 Å². The van der Waals surface area contributed by atoms with Crippen LogP contribution in [0.3, 0.4) is 0 Å². The summed E-state index contributed by atoms with van der Waals surface area (Å²) in [5.41, 5.74) is 0.870. The zero-order valence-electron chi connectivity index (χ0n) is 14.1. The molecule has 0 saturated carbocycles. The van der Waals surface area contributed by atoms with Gasteiger partial charge in [0.15, 0.2) is 4.77 Å². The lowest BCUT2D eigenvalue weighted by molar-refractivity contribution is -0.856. The molecule has 130 valence electrons. The number of rotatable bonds is 7. The van der Waals surface area contributed by atoms with E-state index in [2.05, 4.69) is 10.3 Å². The van der Waals surface area contributed by atoms with Crippen molar-refractivity contribution < 1.29 is 14.4 Å². The number of carbonyl (C=O) groups is 1. The molecule has 3 N–H and O–H groups in total. The van der Waals surface area contributed by atoms with E-state index in [-0.39, 0.29) is 11.5 Å². The normalized spacial score (nSPS) is 11.2. The Balaban J connectivity index is 2.30. The lowest BCUT2D eigenvalue weighted by Gasteiger charge is -2.10. The van der Waals surface area contributed by atoms with Crippen LogP contribution < -0.4 is 15.8 Å². The highest BCUT2D eigenvalue weighted by Gasteiger charge is 2.10. The van der Waals surface area contributed by atoms with Crippen LogP contribution in [0.5, 0.6) is 0 Å². The quantitative estimate of drug-likeness (QED) is 0.592. The number of hydrogen-bond donors (Lipinski definition) is 3. The van der Waals surface area contributed by atoms with Crippen molar-refractivity contribution in [3.8, 4) is 0 Å². The Morgan fingerprint density at radius 2 is 2.17 bits per heavy atom. The monoisotopic (exact) mass is 351 g/mol. The minimum Gasteiger partial charge on any atom is -0.383 e. The summed E-state index contributed by atoms with van der Waals surface area (Å²) in [6.07, 6.45) is 0. The second-order valence-electron chi connectivity index (χ2n) is 5.85. The maximum Gasteiger partial charge on any atom is 0.262 e. The summed E-state index contributed by atoms with van der Waals surface area (Å²) in [5.74, 6) is -0.166. The third-order valence-electron chi connectivity index (χ3n) is 3.67. The number of likely N-dealkylation sites (N-methyl/N-ethyl adjacent to an activating group) is 1. The Hall–Kier alpha value is -2.03. The van der Waals surface area contributed by atoms with E-state index in [1.54, 1.807) is 25.3 Å². The third-order valence-corrected chi connectivity index (χ3v) is 4.00. The zero-order valence-corrected chi connectivity index (χ0v) is 15.0. The largest absolute Gasteiger partial charge is 0.383 e. The van der Waals surface area contributed by atoms with Crippen LogP contribution in [0.1, 0.15) is 10.4 Å². The van der Waals surface area contributed by atoms with Crippen LogP contribution >= 0.6 is 12.2 Å². The van der Waals surface area contributed by atoms with Gasteiger partial charge in [-0.15, -0.1) is 0 Å². The lowest BCUT2D eigenvalue weighted by Crippen LogP contribution is -3.06. The van der Waals surface area contributed by atoms with Crippen LogP contribution in [0.2, 0.25) is 0 Å². The number of hydrogen-bond acceptors (Lipinski definition) is 4. The topological polar surface area (TPSA) is 80.6 Å². The van der Waals surface area contributed by atoms with E-state index in [1.807, 2.05) is 14.1 Å². The molecule has 0 unspecified atom stereocenters. The number of fused-ring (bicyclic) bond motifs is 1. The van der Waals surface area contributed by atoms with Crippen molar-refractivity contribution in [3.05, 3.63) is 38.9 Å². The molecule has 0 aliphatic rings. The predicted molar refractivity (Wildman–Crippen MR) is 95.3 cm³/mol. The van der Waals surface area contributed by atoms with Crippen molar-refractivity contribution in [2.45, 2.75) is 6.54 Å². The van der Waals surface area contributed by atoms with Gasteiger partial charge in [0.05, 0.1) is 51.2 Å². The maximum absolute atomic E-state index is 12.5. The molecule has 0 saturated heterocycles. The van der Waals surface area contributed by atoms with Gasteiger partial charge < -0.3 is 19.9 Å².